The summed E-state index contributed by atoms with van der Waals surface area (Å²) in [5.74, 6) is -1.70. The highest BCUT2D eigenvalue weighted by Gasteiger charge is 2.05. The number of amides is 2. The van der Waals surface area contributed by atoms with Crippen LogP contribution in [0.2, 0.25) is 0 Å². The Kier molecular flexibility index (Phi) is 6.18. The highest BCUT2D eigenvalue weighted by molar-refractivity contribution is 5.93. The number of aliphatic carboxylic acids is 1. The Morgan fingerprint density at radius 1 is 1.15 bits per heavy atom. The van der Waals surface area contributed by atoms with Crippen molar-refractivity contribution in [1.82, 2.24) is 10.6 Å². The van der Waals surface area contributed by atoms with Gasteiger partial charge in [0.2, 0.25) is 5.91 Å². The van der Waals surface area contributed by atoms with Crippen LogP contribution in [0.3, 0.4) is 0 Å². The second-order valence-electron chi connectivity index (χ2n) is 3.94. The summed E-state index contributed by atoms with van der Waals surface area (Å²) in [4.78, 5) is 32.8. The number of benzene rings is 1. The maximum absolute atomic E-state index is 11.3. The maximum Gasteiger partial charge on any atom is 0.329 e. The maximum atomic E-state index is 11.3. The van der Waals surface area contributed by atoms with E-state index in [1.807, 2.05) is 0 Å². The standard InChI is InChI=1S/C13H16N2O5/c1-14-13(19)10-4-2-9(3-5-10)6-15-11(16)7-20-8-12(17)18/h2-5H,6-8H2,1H3,(H,14,19)(H,15,16)(H,17,18). The molecule has 0 radical (unpaired) electrons. The summed E-state index contributed by atoms with van der Waals surface area (Å²) in [5, 5.41) is 13.4. The third-order valence-electron chi connectivity index (χ3n) is 2.39. The second-order valence-corrected chi connectivity index (χ2v) is 3.94. The first-order valence-electron chi connectivity index (χ1n) is 5.90. The van der Waals surface area contributed by atoms with Gasteiger partial charge in [-0.15, -0.1) is 0 Å². The SMILES string of the molecule is CNC(=O)c1ccc(CNC(=O)COCC(=O)O)cc1. The van der Waals surface area contributed by atoms with E-state index >= 15 is 0 Å². The number of ether oxygens (including phenoxy) is 1. The number of rotatable bonds is 7. The van der Waals surface area contributed by atoms with E-state index in [1.165, 1.54) is 0 Å². The molecule has 0 bridgehead atoms. The predicted octanol–water partition coefficient (Wildman–Crippen LogP) is -0.236. The molecule has 3 N–H and O–H groups in total. The van der Waals surface area contributed by atoms with Crippen molar-refractivity contribution in [3.63, 3.8) is 0 Å². The number of nitrogens with one attached hydrogen (secondary N) is 2. The molecule has 108 valence electrons. The van der Waals surface area contributed by atoms with Crippen molar-refractivity contribution in [2.75, 3.05) is 20.3 Å². The Morgan fingerprint density at radius 3 is 2.35 bits per heavy atom. The molecule has 1 aromatic carbocycles. The first-order chi connectivity index (χ1) is 9.52. The van der Waals surface area contributed by atoms with Gasteiger partial charge in [-0.25, -0.2) is 4.79 Å². The molecule has 0 heterocycles. The van der Waals surface area contributed by atoms with Gasteiger partial charge in [-0.3, -0.25) is 9.59 Å². The Morgan fingerprint density at radius 2 is 1.80 bits per heavy atom. The van der Waals surface area contributed by atoms with Crippen LogP contribution in [-0.2, 0) is 20.9 Å². The normalized spacial score (nSPS) is 9.85. The third-order valence-corrected chi connectivity index (χ3v) is 2.39. The van der Waals surface area contributed by atoms with Gasteiger partial charge in [0.15, 0.2) is 0 Å². The second kappa shape index (κ2) is 7.90. The highest BCUT2D eigenvalue weighted by Crippen LogP contribution is 2.04. The summed E-state index contributed by atoms with van der Waals surface area (Å²) < 4.78 is 4.65. The van der Waals surface area contributed by atoms with Gasteiger partial charge >= 0.3 is 5.97 Å². The summed E-state index contributed by atoms with van der Waals surface area (Å²) in [6, 6.07) is 6.76. The van der Waals surface area contributed by atoms with Crippen LogP contribution in [0.1, 0.15) is 15.9 Å². The molecule has 0 unspecified atom stereocenters. The number of hydrogen-bond donors (Lipinski definition) is 3. The minimum absolute atomic E-state index is 0.178. The van der Waals surface area contributed by atoms with Gasteiger partial charge in [0, 0.05) is 19.2 Å². The number of hydrogen-bond acceptors (Lipinski definition) is 4. The molecular weight excluding hydrogens is 264 g/mol. The fourth-order valence-corrected chi connectivity index (χ4v) is 1.40. The lowest BCUT2D eigenvalue weighted by molar-refractivity contribution is -0.143. The molecule has 7 heteroatoms. The van der Waals surface area contributed by atoms with Gasteiger partial charge in [0.1, 0.15) is 13.2 Å². The van der Waals surface area contributed by atoms with Crippen LogP contribution in [0, 0.1) is 0 Å². The van der Waals surface area contributed by atoms with E-state index in [2.05, 4.69) is 15.4 Å². The molecule has 0 spiro atoms. The number of carbonyl (C=O) groups is 3. The molecule has 0 aliphatic carbocycles. The van der Waals surface area contributed by atoms with Crippen molar-refractivity contribution < 1.29 is 24.2 Å². The summed E-state index contributed by atoms with van der Waals surface area (Å²) >= 11 is 0. The van der Waals surface area contributed by atoms with Crippen LogP contribution >= 0.6 is 0 Å². The first kappa shape index (κ1) is 15.6. The van der Waals surface area contributed by atoms with Crippen LogP contribution in [0.4, 0.5) is 0 Å². The molecule has 0 saturated heterocycles. The average molecular weight is 280 g/mol. The number of carboxylic acid groups (broad SMARTS) is 1. The van der Waals surface area contributed by atoms with E-state index < -0.39 is 18.5 Å². The topological polar surface area (TPSA) is 105 Å². The molecule has 20 heavy (non-hydrogen) atoms. The molecular formula is C13H16N2O5. The molecule has 0 aliphatic rings. The van der Waals surface area contributed by atoms with E-state index in [0.29, 0.717) is 5.56 Å². The van der Waals surface area contributed by atoms with Crippen LogP contribution in [-0.4, -0.2) is 43.2 Å². The van der Waals surface area contributed by atoms with Gasteiger partial charge in [0.05, 0.1) is 0 Å². The molecule has 1 aromatic rings. The lowest BCUT2D eigenvalue weighted by Crippen LogP contribution is -2.28. The quantitative estimate of drug-likeness (QED) is 0.639. The van der Waals surface area contributed by atoms with Gasteiger partial charge < -0.3 is 20.5 Å². The minimum Gasteiger partial charge on any atom is -0.480 e. The summed E-state index contributed by atoms with van der Waals surface area (Å²) in [6.45, 7) is -0.528. The van der Waals surface area contributed by atoms with E-state index in [0.717, 1.165) is 5.56 Å². The minimum atomic E-state index is -1.12. The monoisotopic (exact) mass is 280 g/mol. The molecule has 0 saturated carbocycles. The largest absolute Gasteiger partial charge is 0.480 e. The van der Waals surface area contributed by atoms with Crippen molar-refractivity contribution in [2.24, 2.45) is 0 Å². The molecule has 0 fully saturated rings. The van der Waals surface area contributed by atoms with Crippen LogP contribution in [0.5, 0.6) is 0 Å². The zero-order valence-corrected chi connectivity index (χ0v) is 11.0. The average Bonchev–Trinajstić information content (AvgIpc) is 2.44. The molecule has 0 aliphatic heterocycles. The molecule has 7 nitrogen and oxygen atoms in total. The zero-order chi connectivity index (χ0) is 15.0. The van der Waals surface area contributed by atoms with E-state index in [4.69, 9.17) is 5.11 Å². The fourth-order valence-electron chi connectivity index (χ4n) is 1.40. The third kappa shape index (κ3) is 5.49. The Hall–Kier alpha value is -2.41. The van der Waals surface area contributed by atoms with Crippen molar-refractivity contribution in [1.29, 1.82) is 0 Å². The van der Waals surface area contributed by atoms with Crippen LogP contribution in [0.15, 0.2) is 24.3 Å². The molecule has 0 atom stereocenters. The molecule has 2 amide bonds. The Bertz CT molecular complexity index is 484. The van der Waals surface area contributed by atoms with E-state index in [-0.39, 0.29) is 19.1 Å². The van der Waals surface area contributed by atoms with Gasteiger partial charge in [-0.05, 0) is 17.7 Å². The predicted molar refractivity (Wildman–Crippen MR) is 70.1 cm³/mol. The Labute approximate surface area is 115 Å². The molecule has 0 aromatic heterocycles. The number of carboxylic acids is 1. The summed E-state index contributed by atoms with van der Waals surface area (Å²) in [7, 11) is 1.55. The summed E-state index contributed by atoms with van der Waals surface area (Å²) in [6.07, 6.45) is 0. The molecule has 1 rings (SSSR count). The van der Waals surface area contributed by atoms with Crippen LogP contribution in [0.25, 0.3) is 0 Å². The van der Waals surface area contributed by atoms with Crippen molar-refractivity contribution in [2.45, 2.75) is 6.54 Å². The van der Waals surface area contributed by atoms with Crippen LogP contribution < -0.4 is 10.6 Å². The first-order valence-corrected chi connectivity index (χ1v) is 5.90. The Balaban J connectivity index is 2.36. The van der Waals surface area contributed by atoms with Crippen molar-refractivity contribution in [3.8, 4) is 0 Å². The lowest BCUT2D eigenvalue weighted by atomic mass is 10.1. The lowest BCUT2D eigenvalue weighted by Gasteiger charge is -2.06. The smallest absolute Gasteiger partial charge is 0.329 e. The zero-order valence-electron chi connectivity index (χ0n) is 11.0. The van der Waals surface area contributed by atoms with Crippen molar-refractivity contribution >= 4 is 17.8 Å². The van der Waals surface area contributed by atoms with Gasteiger partial charge in [0.25, 0.3) is 5.91 Å². The van der Waals surface area contributed by atoms with Crippen molar-refractivity contribution in [3.05, 3.63) is 35.4 Å². The summed E-state index contributed by atoms with van der Waals surface area (Å²) in [5.41, 5.74) is 1.36. The number of carbonyl (C=O) groups excluding carboxylic acids is 2. The van der Waals surface area contributed by atoms with Gasteiger partial charge in [-0.1, -0.05) is 12.1 Å². The fraction of sp³-hybridized carbons (Fsp3) is 0.308. The highest BCUT2D eigenvalue weighted by atomic mass is 16.5. The van der Waals surface area contributed by atoms with Gasteiger partial charge in [-0.2, -0.15) is 0 Å². The van der Waals surface area contributed by atoms with E-state index in [9.17, 15) is 14.4 Å². The van der Waals surface area contributed by atoms with E-state index in [1.54, 1.807) is 31.3 Å².